The SMILES string of the molecule is N#Cc1nccc(C2(CC(=O)Cc3ccc(Cl)c(C(F)(F)F)c3)CCCCC2)n1. The Bertz CT molecular complexity index is 947. The number of carbonyl (C=O) groups excluding carboxylic acids is 1. The van der Waals surface area contributed by atoms with Crippen LogP contribution < -0.4 is 0 Å². The molecule has 0 bridgehead atoms. The Labute approximate surface area is 171 Å². The summed E-state index contributed by atoms with van der Waals surface area (Å²) in [7, 11) is 0. The van der Waals surface area contributed by atoms with Crippen LogP contribution >= 0.6 is 11.6 Å². The number of Topliss-reactive ketones (excluding diaryl/α,β-unsaturated/α-hetero) is 1. The first kappa shape index (κ1) is 21.3. The highest BCUT2D eigenvalue weighted by Crippen LogP contribution is 2.42. The van der Waals surface area contributed by atoms with Crippen LogP contribution in [0, 0.1) is 11.3 Å². The summed E-state index contributed by atoms with van der Waals surface area (Å²) in [6.45, 7) is 0. The van der Waals surface area contributed by atoms with E-state index in [1.807, 2.05) is 6.07 Å². The number of halogens is 4. The van der Waals surface area contributed by atoms with Crippen LogP contribution in [0.1, 0.15) is 61.2 Å². The van der Waals surface area contributed by atoms with Gasteiger partial charge in [0.05, 0.1) is 16.3 Å². The molecule has 1 heterocycles. The predicted molar refractivity (Wildman–Crippen MR) is 101 cm³/mol. The van der Waals surface area contributed by atoms with Gasteiger partial charge in [-0.15, -0.1) is 0 Å². The first-order chi connectivity index (χ1) is 13.7. The number of carbonyl (C=O) groups is 1. The molecule has 1 saturated carbocycles. The van der Waals surface area contributed by atoms with Gasteiger partial charge in [-0.3, -0.25) is 4.79 Å². The zero-order valence-corrected chi connectivity index (χ0v) is 16.4. The minimum atomic E-state index is -4.57. The number of rotatable bonds is 5. The molecule has 3 rings (SSSR count). The van der Waals surface area contributed by atoms with E-state index in [9.17, 15) is 18.0 Å². The van der Waals surface area contributed by atoms with E-state index in [2.05, 4.69) is 9.97 Å². The molecule has 8 heteroatoms. The first-order valence-electron chi connectivity index (χ1n) is 9.34. The minimum absolute atomic E-state index is 0.0485. The first-order valence-corrected chi connectivity index (χ1v) is 9.72. The van der Waals surface area contributed by atoms with E-state index in [-0.39, 0.29) is 35.0 Å². The Morgan fingerprint density at radius 1 is 1.21 bits per heavy atom. The Hall–Kier alpha value is -2.46. The fourth-order valence-electron chi connectivity index (χ4n) is 4.03. The highest BCUT2D eigenvalue weighted by atomic mass is 35.5. The monoisotopic (exact) mass is 421 g/mol. The van der Waals surface area contributed by atoms with Crippen molar-refractivity contribution in [2.75, 3.05) is 0 Å². The van der Waals surface area contributed by atoms with Gasteiger partial charge in [0.25, 0.3) is 0 Å². The van der Waals surface area contributed by atoms with Crippen LogP contribution in [-0.4, -0.2) is 15.8 Å². The third-order valence-electron chi connectivity index (χ3n) is 5.38. The zero-order chi connectivity index (χ0) is 21.1. The molecule has 4 nitrogen and oxygen atoms in total. The lowest BCUT2D eigenvalue weighted by atomic mass is 9.68. The number of hydrogen-bond acceptors (Lipinski definition) is 4. The summed E-state index contributed by atoms with van der Waals surface area (Å²) < 4.78 is 39.2. The molecule has 1 aliphatic rings. The van der Waals surface area contributed by atoms with E-state index in [0.29, 0.717) is 5.69 Å². The van der Waals surface area contributed by atoms with Crippen LogP contribution in [0.15, 0.2) is 30.5 Å². The highest BCUT2D eigenvalue weighted by Gasteiger charge is 2.38. The summed E-state index contributed by atoms with van der Waals surface area (Å²) in [6, 6.07) is 7.20. The van der Waals surface area contributed by atoms with Gasteiger partial charge >= 0.3 is 6.18 Å². The lowest BCUT2D eigenvalue weighted by Crippen LogP contribution is -2.33. The van der Waals surface area contributed by atoms with Crippen molar-refractivity contribution in [1.29, 1.82) is 5.26 Å². The average Bonchev–Trinajstić information content (AvgIpc) is 2.69. The number of benzene rings is 1. The number of aromatic nitrogens is 2. The van der Waals surface area contributed by atoms with Gasteiger partial charge in [-0.05, 0) is 36.6 Å². The molecule has 0 unspecified atom stereocenters. The molecule has 0 spiro atoms. The van der Waals surface area contributed by atoms with E-state index < -0.39 is 17.2 Å². The predicted octanol–water partition coefficient (Wildman–Crippen LogP) is 5.42. The molecule has 152 valence electrons. The summed E-state index contributed by atoms with van der Waals surface area (Å²) >= 11 is 5.66. The van der Waals surface area contributed by atoms with E-state index in [1.165, 1.54) is 18.3 Å². The second kappa shape index (κ2) is 8.50. The van der Waals surface area contributed by atoms with Crippen LogP contribution in [-0.2, 0) is 22.8 Å². The standard InChI is InChI=1S/C21H19ClF3N3O/c22-17-5-4-14(11-16(17)21(23,24)25)10-15(29)12-20(7-2-1-3-8-20)18-6-9-27-19(13-26)28-18/h4-6,9,11H,1-3,7-8,10,12H2. The van der Waals surface area contributed by atoms with Crippen molar-refractivity contribution >= 4 is 17.4 Å². The highest BCUT2D eigenvalue weighted by molar-refractivity contribution is 6.31. The molecule has 0 amide bonds. The Morgan fingerprint density at radius 2 is 1.93 bits per heavy atom. The molecule has 0 N–H and O–H groups in total. The Morgan fingerprint density at radius 3 is 2.59 bits per heavy atom. The van der Waals surface area contributed by atoms with Gasteiger partial charge in [0.1, 0.15) is 11.9 Å². The number of nitriles is 1. The third-order valence-corrected chi connectivity index (χ3v) is 5.71. The number of alkyl halides is 3. The van der Waals surface area contributed by atoms with Crippen LogP contribution in [0.5, 0.6) is 0 Å². The summed E-state index contributed by atoms with van der Waals surface area (Å²) in [4.78, 5) is 21.0. The molecule has 2 aromatic rings. The van der Waals surface area contributed by atoms with Crippen molar-refractivity contribution in [2.24, 2.45) is 0 Å². The van der Waals surface area contributed by atoms with Crippen LogP contribution in [0.2, 0.25) is 5.02 Å². The van der Waals surface area contributed by atoms with Gasteiger partial charge in [-0.2, -0.15) is 18.4 Å². The summed E-state index contributed by atoms with van der Waals surface area (Å²) in [6.07, 6.45) is 1.39. The molecule has 0 radical (unpaired) electrons. The zero-order valence-electron chi connectivity index (χ0n) is 15.6. The Kier molecular flexibility index (Phi) is 6.23. The molecule has 1 aromatic heterocycles. The normalized spacial score (nSPS) is 16.2. The smallest absolute Gasteiger partial charge is 0.299 e. The van der Waals surface area contributed by atoms with E-state index in [4.69, 9.17) is 16.9 Å². The van der Waals surface area contributed by atoms with E-state index >= 15 is 0 Å². The summed E-state index contributed by atoms with van der Waals surface area (Å²) in [5.41, 5.74) is -0.517. The fourth-order valence-corrected chi connectivity index (χ4v) is 4.25. The largest absolute Gasteiger partial charge is 0.417 e. The lowest BCUT2D eigenvalue weighted by molar-refractivity contribution is -0.137. The van der Waals surface area contributed by atoms with Crippen molar-refractivity contribution < 1.29 is 18.0 Å². The van der Waals surface area contributed by atoms with Gasteiger partial charge in [0, 0.05) is 24.5 Å². The summed E-state index contributed by atoms with van der Waals surface area (Å²) in [5.74, 6) is -0.119. The van der Waals surface area contributed by atoms with Crippen LogP contribution in [0.25, 0.3) is 0 Å². The van der Waals surface area contributed by atoms with E-state index in [1.54, 1.807) is 6.07 Å². The molecule has 0 atom stereocenters. The molecule has 29 heavy (non-hydrogen) atoms. The lowest BCUT2D eigenvalue weighted by Gasteiger charge is -2.36. The number of hydrogen-bond donors (Lipinski definition) is 0. The number of nitrogens with zero attached hydrogens (tertiary/aromatic N) is 3. The molecular formula is C21H19ClF3N3O. The molecule has 1 fully saturated rings. The molecule has 1 aliphatic carbocycles. The average molecular weight is 422 g/mol. The van der Waals surface area contributed by atoms with Crippen molar-refractivity contribution in [3.63, 3.8) is 0 Å². The summed E-state index contributed by atoms with van der Waals surface area (Å²) in [5, 5.41) is 8.70. The van der Waals surface area contributed by atoms with Gasteiger partial charge in [0.2, 0.25) is 5.82 Å². The molecule has 0 saturated heterocycles. The van der Waals surface area contributed by atoms with E-state index in [0.717, 1.165) is 38.2 Å². The number of ketones is 1. The molecular weight excluding hydrogens is 403 g/mol. The second-order valence-corrected chi connectivity index (χ2v) is 7.83. The maximum atomic E-state index is 13.1. The second-order valence-electron chi connectivity index (χ2n) is 7.42. The Balaban J connectivity index is 1.84. The third kappa shape index (κ3) is 4.94. The topological polar surface area (TPSA) is 66.6 Å². The van der Waals surface area contributed by atoms with Gasteiger partial charge in [0.15, 0.2) is 0 Å². The van der Waals surface area contributed by atoms with Crippen LogP contribution in [0.3, 0.4) is 0 Å². The van der Waals surface area contributed by atoms with Gasteiger partial charge < -0.3 is 0 Å². The van der Waals surface area contributed by atoms with Gasteiger partial charge in [-0.25, -0.2) is 9.97 Å². The molecule has 1 aromatic carbocycles. The quantitative estimate of drug-likeness (QED) is 0.646. The van der Waals surface area contributed by atoms with Crippen molar-refractivity contribution in [2.45, 2.75) is 56.5 Å². The fraction of sp³-hybridized carbons (Fsp3) is 0.429. The minimum Gasteiger partial charge on any atom is -0.299 e. The van der Waals surface area contributed by atoms with Crippen molar-refractivity contribution in [3.05, 3.63) is 58.1 Å². The molecule has 0 aliphatic heterocycles. The van der Waals surface area contributed by atoms with Crippen molar-refractivity contribution in [3.8, 4) is 6.07 Å². The maximum absolute atomic E-state index is 13.1. The maximum Gasteiger partial charge on any atom is 0.417 e. The van der Waals surface area contributed by atoms with Crippen LogP contribution in [0.4, 0.5) is 13.2 Å². The van der Waals surface area contributed by atoms with Gasteiger partial charge in [-0.1, -0.05) is 36.9 Å². The van der Waals surface area contributed by atoms with Crippen molar-refractivity contribution in [1.82, 2.24) is 9.97 Å².